The summed E-state index contributed by atoms with van der Waals surface area (Å²) in [5.41, 5.74) is 5.64. The Bertz CT molecular complexity index is 360. The van der Waals surface area contributed by atoms with Crippen molar-refractivity contribution < 1.29 is 9.26 Å². The molecule has 5 nitrogen and oxygen atoms in total. The highest BCUT2D eigenvalue weighted by molar-refractivity contribution is 5.09. The van der Waals surface area contributed by atoms with Crippen molar-refractivity contribution in [2.45, 2.75) is 38.1 Å². The summed E-state index contributed by atoms with van der Waals surface area (Å²) in [4.78, 5) is 4.40. The van der Waals surface area contributed by atoms with Crippen molar-refractivity contribution >= 4 is 0 Å². The summed E-state index contributed by atoms with van der Waals surface area (Å²) < 4.78 is 10.4. The average Bonchev–Trinajstić information content (AvgIpc) is 2.96. The van der Waals surface area contributed by atoms with Crippen molar-refractivity contribution in [2.24, 2.45) is 11.7 Å². The van der Waals surface area contributed by atoms with E-state index in [9.17, 15) is 0 Å². The van der Waals surface area contributed by atoms with Gasteiger partial charge in [-0.3, -0.25) is 0 Å². The third-order valence-electron chi connectivity index (χ3n) is 3.20. The highest BCUT2D eigenvalue weighted by Crippen LogP contribution is 2.39. The van der Waals surface area contributed by atoms with Gasteiger partial charge in [0.15, 0.2) is 5.82 Å². The van der Waals surface area contributed by atoms with Crippen LogP contribution in [0.3, 0.4) is 0 Å². The van der Waals surface area contributed by atoms with E-state index >= 15 is 0 Å². The molecular weight excluding hydrogens is 206 g/mol. The van der Waals surface area contributed by atoms with Crippen LogP contribution in [0, 0.1) is 5.92 Å². The number of rotatable bonds is 5. The molecular formula is C11H19N3O2. The maximum atomic E-state index is 6.30. The topological polar surface area (TPSA) is 74.2 Å². The molecule has 0 amide bonds. The van der Waals surface area contributed by atoms with E-state index < -0.39 is 5.54 Å². The summed E-state index contributed by atoms with van der Waals surface area (Å²) >= 11 is 0. The van der Waals surface area contributed by atoms with E-state index in [1.165, 1.54) is 0 Å². The van der Waals surface area contributed by atoms with Crippen LogP contribution in [0.15, 0.2) is 4.52 Å². The Hall–Kier alpha value is -0.940. The number of hydrogen-bond donors (Lipinski definition) is 1. The van der Waals surface area contributed by atoms with E-state index in [4.69, 9.17) is 15.0 Å². The summed E-state index contributed by atoms with van der Waals surface area (Å²) in [6, 6.07) is 0. The second-order valence-electron chi connectivity index (χ2n) is 4.86. The van der Waals surface area contributed by atoms with E-state index in [-0.39, 0.29) is 5.92 Å². The number of nitrogens with zero attached hydrogens (tertiary/aromatic N) is 2. The second kappa shape index (κ2) is 4.14. The largest absolute Gasteiger partial charge is 0.382 e. The fraction of sp³-hybridized carbons (Fsp3) is 0.818. The first-order valence-electron chi connectivity index (χ1n) is 5.70. The van der Waals surface area contributed by atoms with Crippen LogP contribution in [0.4, 0.5) is 0 Å². The van der Waals surface area contributed by atoms with Crippen LogP contribution in [-0.2, 0) is 10.3 Å². The van der Waals surface area contributed by atoms with Crippen molar-refractivity contribution in [1.29, 1.82) is 0 Å². The summed E-state index contributed by atoms with van der Waals surface area (Å²) in [5, 5.41) is 4.00. The lowest BCUT2D eigenvalue weighted by molar-refractivity contribution is 0.0965. The van der Waals surface area contributed by atoms with E-state index in [0.717, 1.165) is 18.7 Å². The van der Waals surface area contributed by atoms with Gasteiger partial charge >= 0.3 is 0 Å². The van der Waals surface area contributed by atoms with Gasteiger partial charge in [-0.15, -0.1) is 0 Å². The molecule has 1 heterocycles. The van der Waals surface area contributed by atoms with Gasteiger partial charge in [-0.2, -0.15) is 4.98 Å². The lowest BCUT2D eigenvalue weighted by Gasteiger charge is -2.29. The minimum Gasteiger partial charge on any atom is -0.382 e. The third kappa shape index (κ3) is 1.97. The van der Waals surface area contributed by atoms with Crippen LogP contribution in [0.1, 0.15) is 44.3 Å². The molecule has 0 radical (unpaired) electrons. The first kappa shape index (κ1) is 11.5. The molecule has 5 heteroatoms. The minimum atomic E-state index is -0.661. The van der Waals surface area contributed by atoms with E-state index in [2.05, 4.69) is 10.1 Å². The zero-order chi connectivity index (χ0) is 11.8. The number of aromatic nitrogens is 2. The Morgan fingerprint density at radius 1 is 1.56 bits per heavy atom. The standard InChI is InChI=1S/C11H19N3O2/c1-7(2)11(12,6-15-3)10-13-9(16-14-10)8-4-5-8/h7-8H,4-6,12H2,1-3H3. The van der Waals surface area contributed by atoms with Crippen LogP contribution >= 0.6 is 0 Å². The maximum absolute atomic E-state index is 6.30. The summed E-state index contributed by atoms with van der Waals surface area (Å²) in [6.45, 7) is 4.46. The Labute approximate surface area is 95.3 Å². The number of methoxy groups -OCH3 is 1. The molecule has 16 heavy (non-hydrogen) atoms. The van der Waals surface area contributed by atoms with E-state index in [1.54, 1.807) is 7.11 Å². The van der Waals surface area contributed by atoms with Gasteiger partial charge in [0, 0.05) is 13.0 Å². The molecule has 1 fully saturated rings. The Kier molecular flexibility index (Phi) is 2.99. The van der Waals surface area contributed by atoms with Gasteiger partial charge in [0.1, 0.15) is 5.54 Å². The van der Waals surface area contributed by atoms with Gasteiger partial charge in [-0.05, 0) is 18.8 Å². The molecule has 1 aliphatic rings. The second-order valence-corrected chi connectivity index (χ2v) is 4.86. The quantitative estimate of drug-likeness (QED) is 0.820. The molecule has 1 atom stereocenters. The fourth-order valence-electron chi connectivity index (χ4n) is 1.65. The number of hydrogen-bond acceptors (Lipinski definition) is 5. The molecule has 1 aromatic heterocycles. The predicted molar refractivity (Wildman–Crippen MR) is 58.9 cm³/mol. The van der Waals surface area contributed by atoms with Crippen molar-refractivity contribution in [3.05, 3.63) is 11.7 Å². The van der Waals surface area contributed by atoms with E-state index in [0.29, 0.717) is 18.3 Å². The predicted octanol–water partition coefficient (Wildman–Crippen LogP) is 1.40. The number of ether oxygens (including phenoxy) is 1. The highest BCUT2D eigenvalue weighted by atomic mass is 16.5. The van der Waals surface area contributed by atoms with E-state index in [1.807, 2.05) is 13.8 Å². The van der Waals surface area contributed by atoms with Crippen LogP contribution in [0.2, 0.25) is 0 Å². The zero-order valence-electron chi connectivity index (χ0n) is 10.1. The highest BCUT2D eigenvalue weighted by Gasteiger charge is 2.38. The summed E-state index contributed by atoms with van der Waals surface area (Å²) in [6.07, 6.45) is 2.29. The summed E-state index contributed by atoms with van der Waals surface area (Å²) in [5.74, 6) is 1.94. The Balaban J connectivity index is 2.23. The lowest BCUT2D eigenvalue weighted by atomic mass is 9.87. The van der Waals surface area contributed by atoms with Crippen LogP contribution in [-0.4, -0.2) is 23.9 Å². The first-order chi connectivity index (χ1) is 7.58. The smallest absolute Gasteiger partial charge is 0.229 e. The monoisotopic (exact) mass is 225 g/mol. The molecule has 0 aromatic carbocycles. The first-order valence-corrected chi connectivity index (χ1v) is 5.70. The molecule has 0 spiro atoms. The normalized spacial score (nSPS) is 20.1. The Morgan fingerprint density at radius 2 is 2.25 bits per heavy atom. The minimum absolute atomic E-state index is 0.192. The van der Waals surface area contributed by atoms with Gasteiger partial charge in [0.2, 0.25) is 5.89 Å². The van der Waals surface area contributed by atoms with Crippen LogP contribution in [0.5, 0.6) is 0 Å². The van der Waals surface area contributed by atoms with Crippen molar-refractivity contribution in [3.63, 3.8) is 0 Å². The van der Waals surface area contributed by atoms with Crippen LogP contribution < -0.4 is 5.73 Å². The van der Waals surface area contributed by atoms with Gasteiger partial charge in [-0.25, -0.2) is 0 Å². The molecule has 2 N–H and O–H groups in total. The molecule has 1 aromatic rings. The van der Waals surface area contributed by atoms with Gasteiger partial charge in [0.25, 0.3) is 0 Å². The molecule has 2 rings (SSSR count). The maximum Gasteiger partial charge on any atom is 0.229 e. The third-order valence-corrected chi connectivity index (χ3v) is 3.20. The summed E-state index contributed by atoms with van der Waals surface area (Å²) in [7, 11) is 1.63. The van der Waals surface area contributed by atoms with Crippen molar-refractivity contribution in [1.82, 2.24) is 10.1 Å². The SMILES string of the molecule is COCC(N)(c1noc(C2CC2)n1)C(C)C. The molecule has 0 saturated heterocycles. The molecule has 1 saturated carbocycles. The lowest BCUT2D eigenvalue weighted by Crippen LogP contribution is -2.47. The van der Waals surface area contributed by atoms with Gasteiger partial charge < -0.3 is 15.0 Å². The van der Waals surface area contributed by atoms with Gasteiger partial charge in [0.05, 0.1) is 6.61 Å². The Morgan fingerprint density at radius 3 is 2.75 bits per heavy atom. The van der Waals surface area contributed by atoms with Crippen molar-refractivity contribution in [2.75, 3.05) is 13.7 Å². The van der Waals surface area contributed by atoms with Crippen LogP contribution in [0.25, 0.3) is 0 Å². The molecule has 1 unspecified atom stereocenters. The molecule has 0 bridgehead atoms. The zero-order valence-corrected chi connectivity index (χ0v) is 10.1. The van der Waals surface area contributed by atoms with Gasteiger partial charge in [-0.1, -0.05) is 19.0 Å². The fourth-order valence-corrected chi connectivity index (χ4v) is 1.65. The van der Waals surface area contributed by atoms with Crippen molar-refractivity contribution in [3.8, 4) is 0 Å². The molecule has 1 aliphatic carbocycles. The molecule has 0 aliphatic heterocycles. The number of nitrogens with two attached hydrogens (primary N) is 1. The average molecular weight is 225 g/mol. The molecule has 90 valence electrons.